The van der Waals surface area contributed by atoms with Gasteiger partial charge in [0.15, 0.2) is 5.78 Å². The van der Waals surface area contributed by atoms with Crippen LogP contribution in [0.5, 0.6) is 0 Å². The third kappa shape index (κ3) is 5.70. The van der Waals surface area contributed by atoms with E-state index in [1.54, 1.807) is 30.3 Å². The van der Waals surface area contributed by atoms with E-state index < -0.39 is 0 Å². The summed E-state index contributed by atoms with van der Waals surface area (Å²) in [5, 5.41) is 5.62. The molecule has 0 aliphatic carbocycles. The molecule has 0 saturated carbocycles. The Bertz CT molecular complexity index is 816. The highest BCUT2D eigenvalue weighted by Crippen LogP contribution is 2.25. The van der Waals surface area contributed by atoms with E-state index in [0.29, 0.717) is 22.0 Å². The molecule has 2 N–H and O–H groups in total. The smallest absolute Gasteiger partial charge is 0.224 e. The first-order chi connectivity index (χ1) is 12.4. The Morgan fingerprint density at radius 1 is 0.962 bits per heavy atom. The first-order valence-corrected chi connectivity index (χ1v) is 8.76. The van der Waals surface area contributed by atoms with E-state index in [9.17, 15) is 14.4 Å². The molecule has 0 aromatic heterocycles. The van der Waals surface area contributed by atoms with Crippen LogP contribution < -0.4 is 10.6 Å². The molecule has 5 nitrogen and oxygen atoms in total. The maximum absolute atomic E-state index is 12.2. The van der Waals surface area contributed by atoms with Gasteiger partial charge in [0, 0.05) is 31.0 Å². The monoisotopic (exact) mass is 372 g/mol. The SMILES string of the molecule is CCc1ccc(C(=O)CCC(=O)Nc2ccc(NC(C)=O)c(Cl)c2)cc1. The second-order valence-electron chi connectivity index (χ2n) is 5.90. The van der Waals surface area contributed by atoms with Crippen LogP contribution >= 0.6 is 11.6 Å². The van der Waals surface area contributed by atoms with E-state index in [4.69, 9.17) is 11.6 Å². The summed E-state index contributed by atoms with van der Waals surface area (Å²) in [5.74, 6) is -0.567. The largest absolute Gasteiger partial charge is 0.326 e. The van der Waals surface area contributed by atoms with Gasteiger partial charge in [-0.1, -0.05) is 42.8 Å². The quantitative estimate of drug-likeness (QED) is 0.704. The Labute approximate surface area is 157 Å². The van der Waals surface area contributed by atoms with Crippen LogP contribution in [-0.4, -0.2) is 17.6 Å². The molecule has 0 bridgehead atoms. The van der Waals surface area contributed by atoms with E-state index >= 15 is 0 Å². The standard InChI is InChI=1S/C20H21ClN2O3/c1-3-14-4-6-15(7-5-14)19(25)10-11-20(26)23-16-8-9-18(17(21)12-16)22-13(2)24/h4-9,12H,3,10-11H2,1-2H3,(H,22,24)(H,23,26). The normalized spacial score (nSPS) is 10.3. The van der Waals surface area contributed by atoms with Crippen molar-refractivity contribution >= 4 is 40.6 Å². The fraction of sp³-hybridized carbons (Fsp3) is 0.250. The number of Topliss-reactive ketones (excluding diaryl/α,β-unsaturated/α-hetero) is 1. The molecule has 26 heavy (non-hydrogen) atoms. The Morgan fingerprint density at radius 2 is 1.65 bits per heavy atom. The van der Waals surface area contributed by atoms with Gasteiger partial charge in [0.05, 0.1) is 10.7 Å². The lowest BCUT2D eigenvalue weighted by Crippen LogP contribution is -2.14. The van der Waals surface area contributed by atoms with Gasteiger partial charge >= 0.3 is 0 Å². The highest BCUT2D eigenvalue weighted by molar-refractivity contribution is 6.34. The lowest BCUT2D eigenvalue weighted by molar-refractivity contribution is -0.116. The molecule has 0 unspecified atom stereocenters. The summed E-state index contributed by atoms with van der Waals surface area (Å²) in [7, 11) is 0. The van der Waals surface area contributed by atoms with Crippen LogP contribution in [0, 0.1) is 0 Å². The van der Waals surface area contributed by atoms with Crippen molar-refractivity contribution in [2.24, 2.45) is 0 Å². The summed E-state index contributed by atoms with van der Waals surface area (Å²) < 4.78 is 0. The van der Waals surface area contributed by atoms with Gasteiger partial charge < -0.3 is 10.6 Å². The van der Waals surface area contributed by atoms with Gasteiger partial charge in [-0.2, -0.15) is 0 Å². The van der Waals surface area contributed by atoms with Gasteiger partial charge in [0.2, 0.25) is 11.8 Å². The van der Waals surface area contributed by atoms with Crippen molar-refractivity contribution in [3.05, 3.63) is 58.6 Å². The summed E-state index contributed by atoms with van der Waals surface area (Å²) >= 11 is 6.07. The van der Waals surface area contributed by atoms with E-state index in [1.807, 2.05) is 12.1 Å². The summed E-state index contributed by atoms with van der Waals surface area (Å²) in [6, 6.07) is 12.2. The van der Waals surface area contributed by atoms with Crippen molar-refractivity contribution in [3.8, 4) is 0 Å². The number of amides is 2. The molecule has 2 aromatic rings. The van der Waals surface area contributed by atoms with Gasteiger partial charge in [-0.05, 0) is 30.2 Å². The number of benzene rings is 2. The lowest BCUT2D eigenvalue weighted by atomic mass is 10.0. The number of nitrogens with one attached hydrogen (secondary N) is 2. The predicted molar refractivity (Wildman–Crippen MR) is 104 cm³/mol. The molecule has 0 fully saturated rings. The number of halogens is 1. The van der Waals surface area contributed by atoms with Crippen molar-refractivity contribution in [2.75, 3.05) is 10.6 Å². The van der Waals surface area contributed by atoms with Gasteiger partial charge in [-0.25, -0.2) is 0 Å². The van der Waals surface area contributed by atoms with Crippen molar-refractivity contribution in [3.63, 3.8) is 0 Å². The Kier molecular flexibility index (Phi) is 6.92. The Hall–Kier alpha value is -2.66. The van der Waals surface area contributed by atoms with Crippen LogP contribution in [0.25, 0.3) is 0 Å². The average molecular weight is 373 g/mol. The predicted octanol–water partition coefficient (Wildman–Crippen LogP) is 4.46. The van der Waals surface area contributed by atoms with Crippen LogP contribution in [0.3, 0.4) is 0 Å². The van der Waals surface area contributed by atoms with Gasteiger partial charge in [0.25, 0.3) is 0 Å². The highest BCUT2D eigenvalue weighted by Gasteiger charge is 2.11. The topological polar surface area (TPSA) is 75.3 Å². The molecule has 0 heterocycles. The van der Waals surface area contributed by atoms with E-state index in [-0.39, 0.29) is 30.4 Å². The number of aryl methyl sites for hydroxylation is 1. The molecular weight excluding hydrogens is 352 g/mol. The zero-order chi connectivity index (χ0) is 19.1. The number of hydrogen-bond donors (Lipinski definition) is 2. The average Bonchev–Trinajstić information content (AvgIpc) is 2.62. The zero-order valence-electron chi connectivity index (χ0n) is 14.8. The number of anilines is 2. The van der Waals surface area contributed by atoms with Crippen LogP contribution in [0.15, 0.2) is 42.5 Å². The number of hydrogen-bond acceptors (Lipinski definition) is 3. The molecule has 0 saturated heterocycles. The molecule has 2 amide bonds. The number of carbonyl (C=O) groups excluding carboxylic acids is 3. The van der Waals surface area contributed by atoms with Crippen LogP contribution in [0.2, 0.25) is 5.02 Å². The fourth-order valence-corrected chi connectivity index (χ4v) is 2.63. The van der Waals surface area contributed by atoms with Crippen LogP contribution in [0.1, 0.15) is 42.6 Å². The zero-order valence-corrected chi connectivity index (χ0v) is 15.5. The van der Waals surface area contributed by atoms with E-state index in [2.05, 4.69) is 17.6 Å². The molecule has 0 aliphatic heterocycles. The number of carbonyl (C=O) groups is 3. The van der Waals surface area contributed by atoms with Crippen molar-refractivity contribution < 1.29 is 14.4 Å². The minimum absolute atomic E-state index is 0.0677. The van der Waals surface area contributed by atoms with Gasteiger partial charge in [-0.15, -0.1) is 0 Å². The summed E-state index contributed by atoms with van der Waals surface area (Å²) in [6.07, 6.45) is 1.13. The van der Waals surface area contributed by atoms with Crippen molar-refractivity contribution in [1.29, 1.82) is 0 Å². The van der Waals surface area contributed by atoms with Crippen molar-refractivity contribution in [1.82, 2.24) is 0 Å². The first kappa shape index (κ1) is 19.7. The summed E-state index contributed by atoms with van der Waals surface area (Å²) in [4.78, 5) is 35.3. The van der Waals surface area contributed by atoms with Gasteiger partial charge in [-0.3, -0.25) is 14.4 Å². The Balaban J connectivity index is 1.89. The number of ketones is 1. The van der Waals surface area contributed by atoms with Crippen LogP contribution in [-0.2, 0) is 16.0 Å². The molecule has 0 radical (unpaired) electrons. The minimum Gasteiger partial charge on any atom is -0.326 e. The van der Waals surface area contributed by atoms with E-state index in [1.165, 1.54) is 12.5 Å². The molecular formula is C20H21ClN2O3. The maximum atomic E-state index is 12.2. The second kappa shape index (κ2) is 9.15. The molecule has 0 spiro atoms. The lowest BCUT2D eigenvalue weighted by Gasteiger charge is -2.09. The number of rotatable bonds is 7. The second-order valence-corrected chi connectivity index (χ2v) is 6.30. The van der Waals surface area contributed by atoms with Gasteiger partial charge in [0.1, 0.15) is 0 Å². The maximum Gasteiger partial charge on any atom is 0.224 e. The van der Waals surface area contributed by atoms with Crippen LogP contribution in [0.4, 0.5) is 11.4 Å². The summed E-state index contributed by atoms with van der Waals surface area (Å²) in [5.41, 5.74) is 2.76. The molecule has 2 aromatic carbocycles. The molecule has 0 aliphatic rings. The molecule has 136 valence electrons. The third-order valence-electron chi connectivity index (χ3n) is 3.83. The first-order valence-electron chi connectivity index (χ1n) is 8.38. The third-order valence-corrected chi connectivity index (χ3v) is 4.14. The molecule has 2 rings (SSSR count). The van der Waals surface area contributed by atoms with E-state index in [0.717, 1.165) is 6.42 Å². The highest BCUT2D eigenvalue weighted by atomic mass is 35.5. The summed E-state index contributed by atoms with van der Waals surface area (Å²) in [6.45, 7) is 3.44. The fourth-order valence-electron chi connectivity index (χ4n) is 2.41. The Morgan fingerprint density at radius 3 is 2.23 bits per heavy atom. The minimum atomic E-state index is -0.271. The molecule has 0 atom stereocenters. The van der Waals surface area contributed by atoms with Crippen molar-refractivity contribution in [2.45, 2.75) is 33.1 Å². The molecule has 6 heteroatoms.